The number of fused-ring (bicyclic) bond motifs is 1. The first kappa shape index (κ1) is 18.3. The second kappa shape index (κ2) is 7.50. The Hall–Kier alpha value is -3.09. The smallest absolute Gasteiger partial charge is 0.341 e. The molecule has 7 heteroatoms. The van der Waals surface area contributed by atoms with Crippen molar-refractivity contribution in [3.05, 3.63) is 42.3 Å². The van der Waals surface area contributed by atoms with Gasteiger partial charge in [-0.1, -0.05) is 37.2 Å². The number of rotatable bonds is 5. The van der Waals surface area contributed by atoms with Gasteiger partial charge in [-0.05, 0) is 47.7 Å². The molecule has 0 amide bonds. The summed E-state index contributed by atoms with van der Waals surface area (Å²) in [6.45, 7) is 5.79. The molecule has 1 aliphatic heterocycles. The molecule has 1 saturated heterocycles. The summed E-state index contributed by atoms with van der Waals surface area (Å²) in [5, 5.41) is 6.38. The number of guanidine groups is 1. The largest absolute Gasteiger partial charge is 0.493 e. The fourth-order valence-electron chi connectivity index (χ4n) is 3.54. The molecule has 0 aliphatic carbocycles. The lowest BCUT2D eigenvalue weighted by atomic mass is 10.1. The molecule has 2 aromatic carbocycles. The Labute approximate surface area is 164 Å². The number of nitrogens with two attached hydrogens (primary N) is 2. The molecule has 4 N–H and O–H groups in total. The summed E-state index contributed by atoms with van der Waals surface area (Å²) in [6.07, 6.45) is 1.90. The molecule has 0 unspecified atom stereocenters. The molecule has 2 heterocycles. The van der Waals surface area contributed by atoms with Crippen molar-refractivity contribution >= 4 is 16.7 Å². The average molecular weight is 380 g/mol. The summed E-state index contributed by atoms with van der Waals surface area (Å²) in [7, 11) is 0. The van der Waals surface area contributed by atoms with Gasteiger partial charge in [-0.2, -0.15) is 4.98 Å². The first-order valence-electron chi connectivity index (χ1n) is 9.66. The predicted octanol–water partition coefficient (Wildman–Crippen LogP) is 3.05. The van der Waals surface area contributed by atoms with Crippen LogP contribution in [0, 0.1) is 5.92 Å². The van der Waals surface area contributed by atoms with Crippen LogP contribution < -0.4 is 16.2 Å². The van der Waals surface area contributed by atoms with Crippen LogP contribution in [0.5, 0.6) is 5.75 Å². The monoisotopic (exact) mass is 380 g/mol. The van der Waals surface area contributed by atoms with E-state index in [1.807, 2.05) is 16.7 Å². The van der Waals surface area contributed by atoms with Crippen molar-refractivity contribution in [2.24, 2.45) is 17.4 Å². The van der Waals surface area contributed by atoms with Crippen LogP contribution >= 0.6 is 0 Å². The van der Waals surface area contributed by atoms with Crippen molar-refractivity contribution in [1.82, 2.24) is 10.1 Å². The highest BCUT2D eigenvalue weighted by molar-refractivity contribution is 5.87. The lowest BCUT2D eigenvalue weighted by Crippen LogP contribution is -2.35. The number of ether oxygens (including phenoxy) is 1. The van der Waals surface area contributed by atoms with Crippen molar-refractivity contribution in [1.29, 1.82) is 0 Å². The molecule has 1 aliphatic rings. The van der Waals surface area contributed by atoms with Crippen LogP contribution in [-0.4, -0.2) is 33.8 Å². The Balaban J connectivity index is 1.59. The number of hydrogen-bond donors (Lipinski definition) is 2. The topological polar surface area (TPSA) is 103 Å². The van der Waals surface area contributed by atoms with E-state index in [4.69, 9.17) is 20.7 Å². The van der Waals surface area contributed by atoms with Gasteiger partial charge in [0.25, 0.3) is 5.89 Å². The molecular formula is C21H26N5O2+. The zero-order valence-electron chi connectivity index (χ0n) is 16.3. The number of benzene rings is 2. The molecule has 4 rings (SSSR count). The highest BCUT2D eigenvalue weighted by Gasteiger charge is 2.31. The first-order chi connectivity index (χ1) is 13.5. The van der Waals surface area contributed by atoms with Gasteiger partial charge in [-0.3, -0.25) is 16.0 Å². The van der Waals surface area contributed by atoms with Gasteiger partial charge in [-0.25, -0.2) is 0 Å². The van der Waals surface area contributed by atoms with Crippen LogP contribution in [-0.2, 0) is 0 Å². The Morgan fingerprint density at radius 3 is 2.79 bits per heavy atom. The molecule has 7 nitrogen and oxygen atoms in total. The van der Waals surface area contributed by atoms with Crippen LogP contribution in [0.15, 0.2) is 40.9 Å². The molecule has 0 saturated carbocycles. The van der Waals surface area contributed by atoms with Crippen LogP contribution in [0.4, 0.5) is 0 Å². The maximum atomic E-state index is 5.81. The zero-order chi connectivity index (χ0) is 19.7. The van der Waals surface area contributed by atoms with E-state index in [2.05, 4.69) is 48.3 Å². The molecule has 3 aromatic rings. The molecule has 1 atom stereocenters. The first-order valence-corrected chi connectivity index (χ1v) is 9.66. The predicted molar refractivity (Wildman–Crippen MR) is 108 cm³/mol. The van der Waals surface area contributed by atoms with Crippen molar-refractivity contribution < 1.29 is 13.8 Å². The molecule has 0 bridgehead atoms. The lowest BCUT2D eigenvalue weighted by molar-refractivity contribution is -0.555. The van der Waals surface area contributed by atoms with Gasteiger partial charge >= 0.3 is 5.96 Å². The van der Waals surface area contributed by atoms with Gasteiger partial charge < -0.3 is 9.26 Å². The van der Waals surface area contributed by atoms with E-state index < -0.39 is 0 Å². The molecule has 0 spiro atoms. The SMILES string of the molecule is CC(C)COc1ccc2cc(-c3noc([C@@H]4CCC[N+]4=C(N)N)n3)ccc2c1. The normalized spacial score (nSPS) is 16.8. The quantitative estimate of drug-likeness (QED) is 0.521. The standard InChI is InChI=1S/C21H25N5O2/c1-13(2)12-27-17-8-7-14-10-16(6-5-15(14)11-17)19-24-20(28-25-19)18-4-3-9-26(18)21(22)23/h5-8,10-11,13,18H,3-4,9,12H2,1-2H3,(H3,22,23)/p+1/t18-/m0/s1. The van der Waals surface area contributed by atoms with E-state index in [-0.39, 0.29) is 6.04 Å². The minimum atomic E-state index is -0.0487. The Morgan fingerprint density at radius 2 is 2.00 bits per heavy atom. The van der Waals surface area contributed by atoms with Gasteiger partial charge in [0, 0.05) is 5.56 Å². The minimum absolute atomic E-state index is 0.0487. The minimum Gasteiger partial charge on any atom is -0.493 e. The molecule has 1 aromatic heterocycles. The third-order valence-corrected chi connectivity index (χ3v) is 4.96. The summed E-state index contributed by atoms with van der Waals surface area (Å²) in [4.78, 5) is 4.60. The zero-order valence-corrected chi connectivity index (χ0v) is 16.3. The lowest BCUT2D eigenvalue weighted by Gasteiger charge is -2.09. The third kappa shape index (κ3) is 3.65. The Bertz CT molecular complexity index is 1020. The number of hydrogen-bond acceptors (Lipinski definition) is 4. The maximum absolute atomic E-state index is 5.81. The van der Waals surface area contributed by atoms with Gasteiger partial charge in [-0.15, -0.1) is 0 Å². The van der Waals surface area contributed by atoms with Crippen molar-refractivity contribution in [2.45, 2.75) is 32.7 Å². The summed E-state index contributed by atoms with van der Waals surface area (Å²) < 4.78 is 13.2. The van der Waals surface area contributed by atoms with Crippen LogP contribution in [0.25, 0.3) is 22.2 Å². The van der Waals surface area contributed by atoms with E-state index in [1.165, 1.54) is 0 Å². The summed E-state index contributed by atoms with van der Waals surface area (Å²) >= 11 is 0. The Kier molecular flexibility index (Phi) is 4.90. The van der Waals surface area contributed by atoms with Crippen LogP contribution in [0.3, 0.4) is 0 Å². The Morgan fingerprint density at radius 1 is 1.21 bits per heavy atom. The fourth-order valence-corrected chi connectivity index (χ4v) is 3.54. The van der Waals surface area contributed by atoms with Gasteiger partial charge in [0.2, 0.25) is 5.82 Å². The third-order valence-electron chi connectivity index (χ3n) is 4.96. The second-order valence-corrected chi connectivity index (χ2v) is 7.66. The number of aromatic nitrogens is 2. The van der Waals surface area contributed by atoms with Crippen molar-refractivity contribution in [3.8, 4) is 17.1 Å². The molecule has 28 heavy (non-hydrogen) atoms. The van der Waals surface area contributed by atoms with E-state index in [1.54, 1.807) is 0 Å². The fraction of sp³-hybridized carbons (Fsp3) is 0.381. The van der Waals surface area contributed by atoms with Gasteiger partial charge in [0.1, 0.15) is 5.75 Å². The van der Waals surface area contributed by atoms with E-state index in [9.17, 15) is 0 Å². The molecular weight excluding hydrogens is 354 g/mol. The average Bonchev–Trinajstić information content (AvgIpc) is 3.35. The molecule has 146 valence electrons. The summed E-state index contributed by atoms with van der Waals surface area (Å²) in [6, 6.07) is 12.2. The highest BCUT2D eigenvalue weighted by Crippen LogP contribution is 2.30. The number of nitrogens with zero attached hydrogens (tertiary/aromatic N) is 3. The summed E-state index contributed by atoms with van der Waals surface area (Å²) in [5.74, 6) is 2.79. The molecule has 0 radical (unpaired) electrons. The van der Waals surface area contributed by atoms with Crippen molar-refractivity contribution in [2.75, 3.05) is 13.2 Å². The summed E-state index contributed by atoms with van der Waals surface area (Å²) in [5.41, 5.74) is 12.5. The van der Waals surface area contributed by atoms with E-state index in [0.29, 0.717) is 30.2 Å². The van der Waals surface area contributed by atoms with Crippen LogP contribution in [0.2, 0.25) is 0 Å². The maximum Gasteiger partial charge on any atom is 0.341 e. The van der Waals surface area contributed by atoms with Crippen molar-refractivity contribution in [3.63, 3.8) is 0 Å². The molecule has 1 fully saturated rings. The van der Waals surface area contributed by atoms with E-state index >= 15 is 0 Å². The van der Waals surface area contributed by atoms with E-state index in [0.717, 1.165) is 41.5 Å². The highest BCUT2D eigenvalue weighted by atomic mass is 16.5. The van der Waals surface area contributed by atoms with Gasteiger partial charge in [0.15, 0.2) is 6.04 Å². The second-order valence-electron chi connectivity index (χ2n) is 7.66. The van der Waals surface area contributed by atoms with Gasteiger partial charge in [0.05, 0.1) is 13.2 Å². The van der Waals surface area contributed by atoms with Crippen LogP contribution in [0.1, 0.15) is 38.6 Å².